The lowest BCUT2D eigenvalue weighted by Crippen LogP contribution is -2.57. The van der Waals surface area contributed by atoms with Crippen LogP contribution in [0.15, 0.2) is 0 Å². The molecule has 1 amide bonds. The monoisotopic (exact) mass is 228 g/mol. The fourth-order valence-corrected chi connectivity index (χ4v) is 2.01. The van der Waals surface area contributed by atoms with E-state index >= 15 is 0 Å². The third kappa shape index (κ3) is 3.19. The molecule has 0 aliphatic carbocycles. The van der Waals surface area contributed by atoms with Crippen molar-refractivity contribution in [1.82, 2.24) is 4.90 Å². The molecule has 4 nitrogen and oxygen atoms in total. The van der Waals surface area contributed by atoms with Gasteiger partial charge in [0.15, 0.2) is 0 Å². The molecule has 1 aliphatic heterocycles. The molecule has 1 atom stereocenters. The number of amides is 1. The van der Waals surface area contributed by atoms with Gasteiger partial charge in [0, 0.05) is 26.8 Å². The Morgan fingerprint density at radius 1 is 1.50 bits per heavy atom. The Morgan fingerprint density at radius 2 is 2.06 bits per heavy atom. The largest absolute Gasteiger partial charge is 0.381 e. The average molecular weight is 228 g/mol. The molecule has 0 spiro atoms. The van der Waals surface area contributed by atoms with E-state index in [1.54, 1.807) is 4.90 Å². The molecule has 1 heterocycles. The number of likely N-dealkylation sites (N-methyl/N-ethyl adjacent to an activating group) is 1. The first kappa shape index (κ1) is 13.5. The number of ether oxygens (including phenoxy) is 1. The first-order valence-corrected chi connectivity index (χ1v) is 6.12. The molecule has 0 aromatic rings. The molecule has 4 heteroatoms. The van der Waals surface area contributed by atoms with E-state index in [1.807, 2.05) is 7.05 Å². The molecule has 1 aliphatic rings. The van der Waals surface area contributed by atoms with Crippen LogP contribution in [0.4, 0.5) is 0 Å². The summed E-state index contributed by atoms with van der Waals surface area (Å²) in [6, 6.07) is 0. The summed E-state index contributed by atoms with van der Waals surface area (Å²) in [7, 11) is 1.85. The lowest BCUT2D eigenvalue weighted by Gasteiger charge is -2.36. The fraction of sp³-hybridized carbons (Fsp3) is 0.917. The van der Waals surface area contributed by atoms with E-state index in [4.69, 9.17) is 10.5 Å². The first-order valence-electron chi connectivity index (χ1n) is 6.12. The van der Waals surface area contributed by atoms with Crippen molar-refractivity contribution in [1.29, 1.82) is 0 Å². The van der Waals surface area contributed by atoms with Crippen LogP contribution in [-0.4, -0.2) is 43.2 Å². The SMILES string of the molecule is CCC(C)CN(C)C(=O)C1(N)CCOCC1. The van der Waals surface area contributed by atoms with Crippen molar-refractivity contribution < 1.29 is 9.53 Å². The average Bonchev–Trinajstić information content (AvgIpc) is 2.28. The van der Waals surface area contributed by atoms with Gasteiger partial charge in [-0.1, -0.05) is 20.3 Å². The van der Waals surface area contributed by atoms with Crippen molar-refractivity contribution in [2.75, 3.05) is 26.8 Å². The van der Waals surface area contributed by atoms with Gasteiger partial charge in [-0.25, -0.2) is 0 Å². The maximum atomic E-state index is 12.2. The van der Waals surface area contributed by atoms with Crippen LogP contribution in [0, 0.1) is 5.92 Å². The highest BCUT2D eigenvalue weighted by atomic mass is 16.5. The molecule has 1 unspecified atom stereocenters. The highest BCUT2D eigenvalue weighted by Gasteiger charge is 2.37. The molecule has 16 heavy (non-hydrogen) atoms. The molecule has 0 aromatic carbocycles. The molecule has 1 rings (SSSR count). The summed E-state index contributed by atoms with van der Waals surface area (Å²) in [4.78, 5) is 14.0. The first-order chi connectivity index (χ1) is 7.49. The molecule has 1 fully saturated rings. The predicted octanol–water partition coefficient (Wildman–Crippen LogP) is 0.999. The Labute approximate surface area is 98.1 Å². The van der Waals surface area contributed by atoms with Crippen molar-refractivity contribution >= 4 is 5.91 Å². The number of hydrogen-bond donors (Lipinski definition) is 1. The van der Waals surface area contributed by atoms with E-state index in [0.29, 0.717) is 32.0 Å². The van der Waals surface area contributed by atoms with Crippen molar-refractivity contribution in [3.63, 3.8) is 0 Å². The van der Waals surface area contributed by atoms with Crippen LogP contribution in [0.5, 0.6) is 0 Å². The second-order valence-electron chi connectivity index (χ2n) is 4.97. The standard InChI is InChI=1S/C12H24N2O2/c1-4-10(2)9-14(3)11(15)12(13)5-7-16-8-6-12/h10H,4-9,13H2,1-3H3. The maximum absolute atomic E-state index is 12.2. The van der Waals surface area contributed by atoms with Gasteiger partial charge >= 0.3 is 0 Å². The van der Waals surface area contributed by atoms with E-state index in [1.165, 1.54) is 0 Å². The minimum absolute atomic E-state index is 0.0658. The minimum atomic E-state index is -0.694. The zero-order valence-corrected chi connectivity index (χ0v) is 10.7. The van der Waals surface area contributed by atoms with Crippen molar-refractivity contribution in [3.05, 3.63) is 0 Å². The Morgan fingerprint density at radius 3 is 2.56 bits per heavy atom. The van der Waals surface area contributed by atoms with E-state index in [-0.39, 0.29) is 5.91 Å². The number of carbonyl (C=O) groups is 1. The van der Waals surface area contributed by atoms with Crippen LogP contribution in [0.2, 0.25) is 0 Å². The quantitative estimate of drug-likeness (QED) is 0.781. The van der Waals surface area contributed by atoms with Crippen LogP contribution in [0.1, 0.15) is 33.1 Å². The molecule has 0 bridgehead atoms. The number of carbonyl (C=O) groups excluding carboxylic acids is 1. The van der Waals surface area contributed by atoms with Crippen molar-refractivity contribution in [2.45, 2.75) is 38.6 Å². The summed E-state index contributed by atoms with van der Waals surface area (Å²) in [5.74, 6) is 0.591. The van der Waals surface area contributed by atoms with E-state index in [2.05, 4.69) is 13.8 Å². The topological polar surface area (TPSA) is 55.6 Å². The number of nitrogens with two attached hydrogens (primary N) is 1. The number of hydrogen-bond acceptors (Lipinski definition) is 3. The van der Waals surface area contributed by atoms with Gasteiger partial charge in [-0.05, 0) is 18.8 Å². The summed E-state index contributed by atoms with van der Waals surface area (Å²) >= 11 is 0. The Hall–Kier alpha value is -0.610. The van der Waals surface area contributed by atoms with Crippen LogP contribution >= 0.6 is 0 Å². The fourth-order valence-electron chi connectivity index (χ4n) is 2.01. The van der Waals surface area contributed by atoms with Gasteiger partial charge < -0.3 is 15.4 Å². The lowest BCUT2D eigenvalue weighted by atomic mass is 9.89. The van der Waals surface area contributed by atoms with Crippen LogP contribution in [0.25, 0.3) is 0 Å². The zero-order chi connectivity index (χ0) is 12.2. The Balaban J connectivity index is 2.54. The molecule has 0 aromatic heterocycles. The smallest absolute Gasteiger partial charge is 0.242 e. The van der Waals surface area contributed by atoms with Gasteiger partial charge in [0.25, 0.3) is 0 Å². The van der Waals surface area contributed by atoms with Crippen LogP contribution < -0.4 is 5.73 Å². The van der Waals surface area contributed by atoms with Gasteiger partial charge in [-0.2, -0.15) is 0 Å². The van der Waals surface area contributed by atoms with Crippen LogP contribution in [-0.2, 0) is 9.53 Å². The summed E-state index contributed by atoms with van der Waals surface area (Å²) in [6.45, 7) is 6.26. The van der Waals surface area contributed by atoms with Gasteiger partial charge in [-0.15, -0.1) is 0 Å². The molecule has 94 valence electrons. The third-order valence-electron chi connectivity index (χ3n) is 3.44. The summed E-state index contributed by atoms with van der Waals surface area (Å²) < 4.78 is 5.25. The predicted molar refractivity (Wildman–Crippen MR) is 64.1 cm³/mol. The Kier molecular flexibility index (Phi) is 4.74. The highest BCUT2D eigenvalue weighted by molar-refractivity contribution is 5.86. The third-order valence-corrected chi connectivity index (χ3v) is 3.44. The number of nitrogens with zero attached hydrogens (tertiary/aromatic N) is 1. The van der Waals surface area contributed by atoms with Crippen LogP contribution in [0.3, 0.4) is 0 Å². The lowest BCUT2D eigenvalue weighted by molar-refractivity contribution is -0.139. The zero-order valence-electron chi connectivity index (χ0n) is 10.7. The molecule has 0 radical (unpaired) electrons. The second kappa shape index (κ2) is 5.64. The van der Waals surface area contributed by atoms with E-state index < -0.39 is 5.54 Å². The molecular weight excluding hydrogens is 204 g/mol. The minimum Gasteiger partial charge on any atom is -0.381 e. The maximum Gasteiger partial charge on any atom is 0.242 e. The van der Waals surface area contributed by atoms with E-state index in [0.717, 1.165) is 13.0 Å². The molecule has 0 saturated carbocycles. The van der Waals surface area contributed by atoms with Crippen molar-refractivity contribution in [2.24, 2.45) is 11.7 Å². The normalized spacial score (nSPS) is 21.5. The summed E-state index contributed by atoms with van der Waals surface area (Å²) in [5.41, 5.74) is 5.46. The van der Waals surface area contributed by atoms with Gasteiger partial charge in [0.1, 0.15) is 0 Å². The van der Waals surface area contributed by atoms with Gasteiger partial charge in [0.2, 0.25) is 5.91 Å². The Bertz CT molecular complexity index is 237. The molecule has 2 N–H and O–H groups in total. The molecular formula is C12H24N2O2. The highest BCUT2D eigenvalue weighted by Crippen LogP contribution is 2.20. The van der Waals surface area contributed by atoms with Crippen molar-refractivity contribution in [3.8, 4) is 0 Å². The summed E-state index contributed by atoms with van der Waals surface area (Å²) in [5, 5.41) is 0. The number of rotatable bonds is 4. The van der Waals surface area contributed by atoms with Gasteiger partial charge in [0.05, 0.1) is 5.54 Å². The van der Waals surface area contributed by atoms with E-state index in [9.17, 15) is 4.79 Å². The summed E-state index contributed by atoms with van der Waals surface area (Å²) in [6.07, 6.45) is 2.35. The second-order valence-corrected chi connectivity index (χ2v) is 4.97. The molecule has 1 saturated heterocycles. The van der Waals surface area contributed by atoms with Gasteiger partial charge in [-0.3, -0.25) is 4.79 Å².